The van der Waals surface area contributed by atoms with Gasteiger partial charge in [-0.2, -0.15) is 0 Å². The molecule has 2 aliphatic rings. The fourth-order valence-electron chi connectivity index (χ4n) is 5.23. The number of halogens is 1. The molecule has 1 saturated heterocycles. The second-order valence-electron chi connectivity index (χ2n) is 9.72. The first-order chi connectivity index (χ1) is 17.2. The number of carbonyl (C=O) groups excluding carboxylic acids is 1. The highest BCUT2D eigenvalue weighted by Gasteiger charge is 2.20. The molecule has 0 N–H and O–H groups in total. The van der Waals surface area contributed by atoms with Crippen molar-refractivity contribution in [2.45, 2.75) is 57.5 Å². The first kappa shape index (κ1) is 23.9. The van der Waals surface area contributed by atoms with Gasteiger partial charge in [0, 0.05) is 23.7 Å². The average molecular weight is 487 g/mol. The number of carbonyl (C=O) groups is 1. The Balaban J connectivity index is 1.35. The van der Waals surface area contributed by atoms with Crippen LogP contribution < -0.4 is 4.74 Å². The Morgan fingerprint density at radius 2 is 1.66 bits per heavy atom. The van der Waals surface area contributed by atoms with Crippen molar-refractivity contribution in [3.8, 4) is 16.9 Å². The molecule has 35 heavy (non-hydrogen) atoms. The third-order valence-electron chi connectivity index (χ3n) is 7.28. The van der Waals surface area contributed by atoms with Crippen LogP contribution in [0.3, 0.4) is 0 Å². The summed E-state index contributed by atoms with van der Waals surface area (Å²) in [6.45, 7) is 2.12. The highest BCUT2D eigenvalue weighted by atomic mass is 35.5. The molecular formula is C31H33ClNO2. The van der Waals surface area contributed by atoms with Crippen LogP contribution in [-0.2, 0) is 6.61 Å². The van der Waals surface area contributed by atoms with Crippen molar-refractivity contribution in [3.63, 3.8) is 0 Å². The van der Waals surface area contributed by atoms with Gasteiger partial charge in [-0.05, 0) is 103 Å². The number of ether oxygens (including phenoxy) is 1. The predicted octanol–water partition coefficient (Wildman–Crippen LogP) is 8.07. The quantitative estimate of drug-likeness (QED) is 0.352. The molecule has 1 amide bonds. The van der Waals surface area contributed by atoms with Gasteiger partial charge in [0.25, 0.3) is 5.91 Å². The van der Waals surface area contributed by atoms with Crippen molar-refractivity contribution in [3.05, 3.63) is 94.9 Å². The van der Waals surface area contributed by atoms with Crippen molar-refractivity contribution >= 4 is 17.5 Å². The van der Waals surface area contributed by atoms with Gasteiger partial charge in [0.2, 0.25) is 0 Å². The first-order valence-electron chi connectivity index (χ1n) is 12.9. The number of rotatable bonds is 6. The van der Waals surface area contributed by atoms with Crippen molar-refractivity contribution in [2.75, 3.05) is 13.1 Å². The second kappa shape index (κ2) is 11.3. The largest absolute Gasteiger partial charge is 0.489 e. The van der Waals surface area contributed by atoms with Crippen molar-refractivity contribution < 1.29 is 9.53 Å². The fourth-order valence-corrected chi connectivity index (χ4v) is 5.36. The van der Waals surface area contributed by atoms with Crippen molar-refractivity contribution in [1.29, 1.82) is 0 Å². The molecule has 3 aromatic rings. The lowest BCUT2D eigenvalue weighted by Gasteiger charge is -2.27. The zero-order chi connectivity index (χ0) is 24.0. The van der Waals surface area contributed by atoms with E-state index in [2.05, 4.69) is 30.7 Å². The van der Waals surface area contributed by atoms with E-state index in [4.69, 9.17) is 16.3 Å². The minimum absolute atomic E-state index is 0.113. The smallest absolute Gasteiger partial charge is 0.253 e. The molecule has 3 nitrogen and oxygen atoms in total. The Labute approximate surface area is 214 Å². The first-order valence-corrected chi connectivity index (χ1v) is 13.3. The zero-order valence-electron chi connectivity index (χ0n) is 20.2. The molecule has 3 aromatic carbocycles. The third-order valence-corrected chi connectivity index (χ3v) is 7.53. The number of amides is 1. The topological polar surface area (TPSA) is 29.5 Å². The van der Waals surface area contributed by atoms with Gasteiger partial charge in [0.1, 0.15) is 12.4 Å². The number of hydrogen-bond donors (Lipinski definition) is 0. The Bertz CT molecular complexity index is 1130. The zero-order valence-corrected chi connectivity index (χ0v) is 21.0. The highest BCUT2D eigenvalue weighted by Crippen LogP contribution is 2.33. The van der Waals surface area contributed by atoms with Crippen LogP contribution in [0.15, 0.2) is 66.7 Å². The third kappa shape index (κ3) is 5.90. The maximum atomic E-state index is 13.2. The summed E-state index contributed by atoms with van der Waals surface area (Å²) >= 11 is 6.14. The van der Waals surface area contributed by atoms with Gasteiger partial charge in [-0.1, -0.05) is 54.8 Å². The summed E-state index contributed by atoms with van der Waals surface area (Å²) in [6.07, 6.45) is 10.9. The monoisotopic (exact) mass is 486 g/mol. The van der Waals surface area contributed by atoms with Gasteiger partial charge >= 0.3 is 0 Å². The molecule has 1 atom stereocenters. The SMILES string of the molecule is O=C(c1ccc(COc2ccc(C3[CH]CCCC3)cc2)c(-c2ccc(Cl)cc2)c1)N1CCCCC1. The summed E-state index contributed by atoms with van der Waals surface area (Å²) in [6, 6.07) is 22.3. The summed E-state index contributed by atoms with van der Waals surface area (Å²) in [4.78, 5) is 15.1. The van der Waals surface area contributed by atoms with Crippen LogP contribution in [-0.4, -0.2) is 23.9 Å². The second-order valence-corrected chi connectivity index (χ2v) is 10.2. The van der Waals surface area contributed by atoms with E-state index in [1.54, 1.807) is 0 Å². The Morgan fingerprint density at radius 1 is 0.886 bits per heavy atom. The highest BCUT2D eigenvalue weighted by molar-refractivity contribution is 6.30. The number of likely N-dealkylation sites (tertiary alicyclic amines) is 1. The Hall–Kier alpha value is -2.78. The number of nitrogens with zero attached hydrogens (tertiary/aromatic N) is 1. The van der Waals surface area contributed by atoms with Gasteiger partial charge in [-0.3, -0.25) is 4.79 Å². The lowest BCUT2D eigenvalue weighted by molar-refractivity contribution is 0.0724. The molecule has 1 heterocycles. The molecule has 1 unspecified atom stereocenters. The molecular weight excluding hydrogens is 454 g/mol. The lowest BCUT2D eigenvalue weighted by Crippen LogP contribution is -2.35. The summed E-state index contributed by atoms with van der Waals surface area (Å²) < 4.78 is 6.21. The molecule has 1 saturated carbocycles. The minimum atomic E-state index is 0.113. The molecule has 0 spiro atoms. The summed E-state index contributed by atoms with van der Waals surface area (Å²) in [5.74, 6) is 1.54. The molecule has 2 fully saturated rings. The van der Waals surface area contributed by atoms with Crippen LogP contribution in [0, 0.1) is 6.42 Å². The van der Waals surface area contributed by atoms with Gasteiger partial charge in [-0.25, -0.2) is 0 Å². The van der Waals surface area contributed by atoms with Gasteiger partial charge in [-0.15, -0.1) is 0 Å². The van der Waals surface area contributed by atoms with Crippen LogP contribution in [0.4, 0.5) is 0 Å². The van der Waals surface area contributed by atoms with Gasteiger partial charge < -0.3 is 9.64 Å². The summed E-state index contributed by atoms with van der Waals surface area (Å²) in [5.41, 5.74) is 5.20. The van der Waals surface area contributed by atoms with E-state index >= 15 is 0 Å². The van der Waals surface area contributed by atoms with E-state index < -0.39 is 0 Å². The number of benzene rings is 3. The number of piperidine rings is 1. The van der Waals surface area contributed by atoms with E-state index in [-0.39, 0.29) is 5.91 Å². The van der Waals surface area contributed by atoms with Crippen LogP contribution in [0.1, 0.15) is 72.3 Å². The van der Waals surface area contributed by atoms with Gasteiger partial charge in [0.05, 0.1) is 0 Å². The molecule has 5 rings (SSSR count). The molecule has 0 aromatic heterocycles. The van der Waals surface area contributed by atoms with E-state index in [9.17, 15) is 4.79 Å². The van der Waals surface area contributed by atoms with Crippen LogP contribution >= 0.6 is 11.6 Å². The number of hydrogen-bond acceptors (Lipinski definition) is 2. The van der Waals surface area contributed by atoms with Crippen LogP contribution in [0.2, 0.25) is 5.02 Å². The molecule has 4 heteroatoms. The van der Waals surface area contributed by atoms with Crippen LogP contribution in [0.5, 0.6) is 5.75 Å². The molecule has 181 valence electrons. The lowest BCUT2D eigenvalue weighted by atomic mass is 9.84. The molecule has 1 aliphatic heterocycles. The molecule has 0 bridgehead atoms. The maximum Gasteiger partial charge on any atom is 0.253 e. The Kier molecular flexibility index (Phi) is 7.73. The van der Waals surface area contributed by atoms with Crippen molar-refractivity contribution in [1.82, 2.24) is 4.90 Å². The maximum absolute atomic E-state index is 13.2. The average Bonchev–Trinajstić information content (AvgIpc) is 2.93. The van der Waals surface area contributed by atoms with E-state index in [1.807, 2.05) is 47.4 Å². The van der Waals surface area contributed by atoms with E-state index in [0.29, 0.717) is 17.5 Å². The normalized spacial score (nSPS) is 16.8. The van der Waals surface area contributed by atoms with Crippen LogP contribution in [0.25, 0.3) is 11.1 Å². The summed E-state index contributed by atoms with van der Waals surface area (Å²) in [5, 5.41) is 0.697. The fraction of sp³-hybridized carbons (Fsp3) is 0.355. The Morgan fingerprint density at radius 3 is 2.37 bits per heavy atom. The van der Waals surface area contributed by atoms with E-state index in [1.165, 1.54) is 37.7 Å². The molecule has 1 aliphatic carbocycles. The van der Waals surface area contributed by atoms with E-state index in [0.717, 1.165) is 53.9 Å². The minimum Gasteiger partial charge on any atom is -0.489 e. The summed E-state index contributed by atoms with van der Waals surface area (Å²) in [7, 11) is 0. The van der Waals surface area contributed by atoms with Gasteiger partial charge in [0.15, 0.2) is 0 Å². The van der Waals surface area contributed by atoms with Crippen molar-refractivity contribution in [2.24, 2.45) is 0 Å². The standard InChI is InChI=1S/C31H33ClNO2/c32-28-15-11-25(12-16-28)30-21-26(31(34)33-19-5-2-6-20-33)9-10-27(30)22-35-29-17-13-24(14-18-29)23-7-3-1-4-8-23/h7,9-18,21,23H,1-6,8,19-20,22H2. The molecule has 1 radical (unpaired) electrons. The predicted molar refractivity (Wildman–Crippen MR) is 143 cm³/mol.